The fraction of sp³-hybridized carbons (Fsp3) is 0.484. The predicted molar refractivity (Wildman–Crippen MR) is 157 cm³/mol. The molecule has 2 aromatic rings. The molecule has 0 aliphatic heterocycles. The van der Waals surface area contributed by atoms with E-state index in [2.05, 4.69) is 31.4 Å². The SMILES string of the molecule is CC(C)(C)[C@H]1CC[C@H](N(Cc2ccc(C(=O)NCCC(=O)O)cc2)/C(=C\[N+](=O)[O-])Nc2cc(C(F)(F)F)cc(C(F)(F)F)c2)CC1. The fourth-order valence-electron chi connectivity index (χ4n) is 5.46. The van der Waals surface area contributed by atoms with E-state index in [4.69, 9.17) is 5.11 Å². The van der Waals surface area contributed by atoms with Crippen molar-refractivity contribution in [2.75, 3.05) is 11.9 Å². The van der Waals surface area contributed by atoms with E-state index in [0.717, 1.165) is 12.8 Å². The number of alkyl halides is 6. The van der Waals surface area contributed by atoms with Crippen LogP contribution in [0, 0.1) is 21.4 Å². The van der Waals surface area contributed by atoms with Crippen molar-refractivity contribution in [3.05, 3.63) is 86.9 Å². The van der Waals surface area contributed by atoms with E-state index in [1.54, 1.807) is 17.0 Å². The Balaban J connectivity index is 2.00. The normalized spacial score (nSPS) is 17.7. The number of amides is 1. The van der Waals surface area contributed by atoms with Gasteiger partial charge in [-0.2, -0.15) is 26.3 Å². The Morgan fingerprint density at radius 3 is 1.96 bits per heavy atom. The molecule has 1 amide bonds. The topological polar surface area (TPSA) is 125 Å². The largest absolute Gasteiger partial charge is 0.481 e. The third-order valence-corrected chi connectivity index (χ3v) is 7.95. The minimum absolute atomic E-state index is 0.0134. The van der Waals surface area contributed by atoms with Gasteiger partial charge < -0.3 is 20.6 Å². The van der Waals surface area contributed by atoms with E-state index >= 15 is 0 Å². The average Bonchev–Trinajstić information content (AvgIpc) is 2.94. The lowest BCUT2D eigenvalue weighted by Crippen LogP contribution is -2.41. The molecule has 1 saturated carbocycles. The molecule has 1 aliphatic carbocycles. The lowest BCUT2D eigenvalue weighted by Gasteiger charge is -2.42. The molecule has 3 rings (SSSR count). The maximum absolute atomic E-state index is 13.6. The Hall–Kier alpha value is -4.30. The van der Waals surface area contributed by atoms with Gasteiger partial charge in [-0.1, -0.05) is 32.9 Å². The third kappa shape index (κ3) is 10.4. The first-order valence-corrected chi connectivity index (χ1v) is 14.5. The molecule has 15 heteroatoms. The van der Waals surface area contributed by atoms with Gasteiger partial charge in [-0.15, -0.1) is 0 Å². The zero-order chi connectivity index (χ0) is 34.4. The Labute approximate surface area is 261 Å². The van der Waals surface area contributed by atoms with Crippen LogP contribution >= 0.6 is 0 Å². The number of hydrogen-bond acceptors (Lipinski definition) is 6. The number of hydrogen-bond donors (Lipinski definition) is 3. The summed E-state index contributed by atoms with van der Waals surface area (Å²) in [5.41, 5.74) is -3.01. The number of benzene rings is 2. The Kier molecular flexibility index (Phi) is 11.3. The van der Waals surface area contributed by atoms with Crippen molar-refractivity contribution in [2.45, 2.75) is 77.8 Å². The molecule has 0 heterocycles. The molecule has 1 aliphatic rings. The van der Waals surface area contributed by atoms with E-state index < -0.39 is 46.0 Å². The van der Waals surface area contributed by atoms with Crippen molar-refractivity contribution in [3.8, 4) is 0 Å². The number of nitrogens with zero attached hydrogens (tertiary/aromatic N) is 2. The molecule has 46 heavy (non-hydrogen) atoms. The average molecular weight is 659 g/mol. The molecule has 2 aromatic carbocycles. The van der Waals surface area contributed by atoms with Crippen LogP contribution in [0.4, 0.5) is 32.0 Å². The van der Waals surface area contributed by atoms with Gasteiger partial charge in [0.1, 0.15) is 0 Å². The van der Waals surface area contributed by atoms with Crippen LogP contribution < -0.4 is 10.6 Å². The van der Waals surface area contributed by atoms with Gasteiger partial charge in [0.15, 0.2) is 5.82 Å². The van der Waals surface area contributed by atoms with Gasteiger partial charge in [0.2, 0.25) is 0 Å². The van der Waals surface area contributed by atoms with E-state index in [9.17, 15) is 46.0 Å². The van der Waals surface area contributed by atoms with E-state index in [-0.39, 0.29) is 48.4 Å². The van der Waals surface area contributed by atoms with Gasteiger partial charge in [-0.25, -0.2) is 0 Å². The molecule has 0 atom stereocenters. The molecule has 9 nitrogen and oxygen atoms in total. The van der Waals surface area contributed by atoms with Gasteiger partial charge in [0.05, 0.1) is 22.5 Å². The molecule has 0 spiro atoms. The number of rotatable bonds is 11. The minimum Gasteiger partial charge on any atom is -0.481 e. The molecular formula is C31H36F6N4O5. The number of carboxylic acids is 1. The lowest BCUT2D eigenvalue weighted by atomic mass is 9.71. The van der Waals surface area contributed by atoms with Crippen molar-refractivity contribution in [3.63, 3.8) is 0 Å². The Morgan fingerprint density at radius 2 is 1.50 bits per heavy atom. The number of nitro groups is 1. The third-order valence-electron chi connectivity index (χ3n) is 7.95. The molecule has 0 bridgehead atoms. The number of carbonyl (C=O) groups is 2. The fourth-order valence-corrected chi connectivity index (χ4v) is 5.46. The van der Waals surface area contributed by atoms with Crippen LogP contribution in [0.1, 0.15) is 79.9 Å². The van der Waals surface area contributed by atoms with Crippen LogP contribution in [0.25, 0.3) is 0 Å². The highest BCUT2D eigenvalue weighted by Gasteiger charge is 2.38. The number of carboxylic acid groups (broad SMARTS) is 1. The Bertz CT molecular complexity index is 1390. The van der Waals surface area contributed by atoms with E-state index in [1.807, 2.05) is 0 Å². The number of halogens is 6. The summed E-state index contributed by atoms with van der Waals surface area (Å²) < 4.78 is 81.4. The molecule has 0 radical (unpaired) electrons. The van der Waals surface area contributed by atoms with Crippen molar-refractivity contribution in [1.29, 1.82) is 0 Å². The second-order valence-corrected chi connectivity index (χ2v) is 12.3. The summed E-state index contributed by atoms with van der Waals surface area (Å²) in [6.07, 6.45) is -7.38. The lowest BCUT2D eigenvalue weighted by molar-refractivity contribution is -0.404. The predicted octanol–water partition coefficient (Wildman–Crippen LogP) is 7.52. The Morgan fingerprint density at radius 1 is 0.957 bits per heavy atom. The first kappa shape index (κ1) is 36.2. The summed E-state index contributed by atoms with van der Waals surface area (Å²) in [6, 6.07) is 6.62. The maximum Gasteiger partial charge on any atom is 0.416 e. The number of carbonyl (C=O) groups excluding carboxylic acids is 1. The first-order valence-electron chi connectivity index (χ1n) is 14.5. The maximum atomic E-state index is 13.6. The molecule has 0 aromatic heterocycles. The van der Waals surface area contributed by atoms with Crippen molar-refractivity contribution >= 4 is 17.6 Å². The smallest absolute Gasteiger partial charge is 0.416 e. The van der Waals surface area contributed by atoms with Gasteiger partial charge in [0, 0.05) is 30.4 Å². The summed E-state index contributed by atoms with van der Waals surface area (Å²) in [6.45, 7) is 6.18. The number of nitrogens with one attached hydrogen (secondary N) is 2. The minimum atomic E-state index is -5.11. The van der Waals surface area contributed by atoms with Crippen LogP contribution in [0.2, 0.25) is 0 Å². The number of anilines is 1. The van der Waals surface area contributed by atoms with Gasteiger partial charge >= 0.3 is 18.3 Å². The molecule has 3 N–H and O–H groups in total. The van der Waals surface area contributed by atoms with Crippen LogP contribution in [0.5, 0.6) is 0 Å². The zero-order valence-electron chi connectivity index (χ0n) is 25.5. The van der Waals surface area contributed by atoms with Crippen LogP contribution in [0.3, 0.4) is 0 Å². The summed E-state index contributed by atoms with van der Waals surface area (Å²) >= 11 is 0. The van der Waals surface area contributed by atoms with Gasteiger partial charge in [-0.05, 0) is 72.9 Å². The first-order chi connectivity index (χ1) is 21.2. The summed E-state index contributed by atoms with van der Waals surface area (Å²) in [4.78, 5) is 35.6. The zero-order valence-corrected chi connectivity index (χ0v) is 25.5. The summed E-state index contributed by atoms with van der Waals surface area (Å²) in [5.74, 6) is -1.57. The highest BCUT2D eigenvalue weighted by molar-refractivity contribution is 5.94. The quantitative estimate of drug-likeness (QED) is 0.130. The van der Waals surface area contributed by atoms with Gasteiger partial charge in [0.25, 0.3) is 12.1 Å². The van der Waals surface area contributed by atoms with Gasteiger partial charge in [-0.3, -0.25) is 19.7 Å². The van der Waals surface area contributed by atoms with Crippen LogP contribution in [0.15, 0.2) is 54.5 Å². The standard InChI is InChI=1S/C31H36F6N4O5/c1-29(2,3)21-8-10-25(11-9-21)40(17-19-4-6-20(7-5-19)28(44)38-13-12-27(42)43)26(18-41(45)46)39-24-15-22(30(32,33)34)14-23(16-24)31(35,36)37/h4-7,14-16,18,21,25,39H,8-13,17H2,1-3H3,(H,38,44)(H,42,43)/b26-18-/t21-,25-. The monoisotopic (exact) mass is 658 g/mol. The molecule has 0 unspecified atom stereocenters. The van der Waals surface area contributed by atoms with Crippen LogP contribution in [-0.4, -0.2) is 39.4 Å². The molecule has 1 fully saturated rings. The molecule has 252 valence electrons. The summed E-state index contributed by atoms with van der Waals surface area (Å²) in [7, 11) is 0. The van der Waals surface area contributed by atoms with Crippen molar-refractivity contribution < 1.29 is 46.0 Å². The summed E-state index contributed by atoms with van der Waals surface area (Å²) in [5, 5.41) is 25.5. The highest BCUT2D eigenvalue weighted by Crippen LogP contribution is 2.41. The van der Waals surface area contributed by atoms with E-state index in [0.29, 0.717) is 42.7 Å². The molecule has 0 saturated heterocycles. The van der Waals surface area contributed by atoms with Crippen molar-refractivity contribution in [1.82, 2.24) is 10.2 Å². The highest BCUT2D eigenvalue weighted by atomic mass is 19.4. The van der Waals surface area contributed by atoms with Crippen molar-refractivity contribution in [2.24, 2.45) is 11.3 Å². The molecular weight excluding hydrogens is 622 g/mol. The second kappa shape index (κ2) is 14.4. The second-order valence-electron chi connectivity index (χ2n) is 12.3. The number of aliphatic carboxylic acids is 1. The van der Waals surface area contributed by atoms with Crippen LogP contribution in [-0.2, 0) is 23.7 Å². The van der Waals surface area contributed by atoms with E-state index in [1.165, 1.54) is 12.1 Å².